The lowest BCUT2D eigenvalue weighted by Gasteiger charge is -2.20. The van der Waals surface area contributed by atoms with Gasteiger partial charge in [-0.1, -0.05) is 30.3 Å². The highest BCUT2D eigenvalue weighted by Gasteiger charge is 2.32. The smallest absolute Gasteiger partial charge is 0.264 e. The second-order valence-corrected chi connectivity index (χ2v) is 10.6. The second-order valence-electron chi connectivity index (χ2n) is 10.6. The van der Waals surface area contributed by atoms with Gasteiger partial charge in [0.2, 0.25) is 0 Å². The molecule has 1 atom stereocenters. The maximum atomic E-state index is 13.9. The molecule has 218 valence electrons. The Morgan fingerprint density at radius 2 is 1.95 bits per heavy atom. The highest BCUT2D eigenvalue weighted by molar-refractivity contribution is 6.00. The number of benzene rings is 3. The van der Waals surface area contributed by atoms with Crippen LogP contribution in [0.4, 0.5) is 14.5 Å². The molecule has 0 bridgehead atoms. The van der Waals surface area contributed by atoms with Crippen LogP contribution in [0.3, 0.4) is 0 Å². The highest BCUT2D eigenvalue weighted by Crippen LogP contribution is 2.39. The molecule has 3 aromatic rings. The van der Waals surface area contributed by atoms with Gasteiger partial charge >= 0.3 is 0 Å². The number of carbonyl (C=O) groups excluding carboxylic acids is 1. The van der Waals surface area contributed by atoms with Gasteiger partial charge in [-0.3, -0.25) is 4.79 Å². The monoisotopic (exact) mass is 567 g/mol. The minimum Gasteiger partial charge on any atom is -0.507 e. The largest absolute Gasteiger partial charge is 0.507 e. The number of aromatic hydroxyl groups is 1. The van der Waals surface area contributed by atoms with Crippen LogP contribution in [-0.4, -0.2) is 67.3 Å². The van der Waals surface area contributed by atoms with Gasteiger partial charge in [0.25, 0.3) is 12.3 Å². The van der Waals surface area contributed by atoms with Gasteiger partial charge in [0.1, 0.15) is 36.0 Å². The topological polar surface area (TPSA) is 83.5 Å². The van der Waals surface area contributed by atoms with Gasteiger partial charge in [-0.15, -0.1) is 0 Å². The van der Waals surface area contributed by atoms with Crippen LogP contribution in [0.25, 0.3) is 0 Å². The van der Waals surface area contributed by atoms with Gasteiger partial charge in [-0.2, -0.15) is 0 Å². The molecule has 2 N–H and O–H groups in total. The fraction of sp³-hybridized carbons (Fsp3) is 0.387. The van der Waals surface area contributed by atoms with E-state index in [0.717, 1.165) is 47.5 Å². The van der Waals surface area contributed by atoms with E-state index in [1.54, 1.807) is 4.90 Å². The zero-order chi connectivity index (χ0) is 28.9. The number of phenols is 1. The number of nitrogens with zero attached hydrogens (tertiary/aromatic N) is 2. The maximum Gasteiger partial charge on any atom is 0.264 e. The Morgan fingerprint density at radius 3 is 2.66 bits per heavy atom. The first-order valence-electron chi connectivity index (χ1n) is 13.7. The van der Waals surface area contributed by atoms with E-state index in [9.17, 15) is 18.7 Å². The third kappa shape index (κ3) is 6.89. The normalized spacial score (nSPS) is 16.3. The quantitative estimate of drug-likeness (QED) is 0.329. The molecule has 0 unspecified atom stereocenters. The van der Waals surface area contributed by atoms with Crippen molar-refractivity contribution in [2.24, 2.45) is 0 Å². The van der Waals surface area contributed by atoms with E-state index in [-0.39, 0.29) is 37.1 Å². The maximum absolute atomic E-state index is 13.9. The SMILES string of the molecule is CN(C)CCOc1cc2c(c(N[C@H]3CCOC3)c1)CN(C(=O)c1c(O)cc(C(F)F)cc1OCc1ccccc1)C2. The van der Waals surface area contributed by atoms with Crippen LogP contribution in [0.15, 0.2) is 54.6 Å². The lowest BCUT2D eigenvalue weighted by molar-refractivity contribution is 0.0742. The first kappa shape index (κ1) is 28.6. The fourth-order valence-electron chi connectivity index (χ4n) is 5.02. The lowest BCUT2D eigenvalue weighted by atomic mass is 10.1. The Labute approximate surface area is 238 Å². The number of carbonyl (C=O) groups is 1. The number of hydrogen-bond donors (Lipinski definition) is 2. The molecule has 2 aliphatic rings. The Morgan fingerprint density at radius 1 is 1.15 bits per heavy atom. The summed E-state index contributed by atoms with van der Waals surface area (Å²) in [6.07, 6.45) is -1.96. The van der Waals surface area contributed by atoms with Crippen molar-refractivity contribution >= 4 is 11.6 Å². The number of rotatable bonds is 11. The van der Waals surface area contributed by atoms with E-state index in [4.69, 9.17) is 14.2 Å². The van der Waals surface area contributed by atoms with Crippen molar-refractivity contribution in [3.05, 3.63) is 82.4 Å². The summed E-state index contributed by atoms with van der Waals surface area (Å²) in [5.74, 6) is -0.439. The fourth-order valence-corrected chi connectivity index (χ4v) is 5.02. The minimum atomic E-state index is -2.83. The van der Waals surface area contributed by atoms with E-state index in [0.29, 0.717) is 25.6 Å². The summed E-state index contributed by atoms with van der Waals surface area (Å²) in [7, 11) is 3.95. The van der Waals surface area contributed by atoms with Crippen molar-refractivity contribution in [2.45, 2.75) is 38.6 Å². The van der Waals surface area contributed by atoms with Crippen LogP contribution in [0.5, 0.6) is 17.2 Å². The first-order chi connectivity index (χ1) is 19.8. The molecule has 8 nitrogen and oxygen atoms in total. The number of nitrogens with one attached hydrogen (secondary N) is 1. The van der Waals surface area contributed by atoms with Gasteiger partial charge in [0.15, 0.2) is 0 Å². The molecule has 0 radical (unpaired) electrons. The zero-order valence-electron chi connectivity index (χ0n) is 23.2. The van der Waals surface area contributed by atoms with Gasteiger partial charge in [-0.05, 0) is 55.4 Å². The Kier molecular flexibility index (Phi) is 8.90. The molecule has 10 heteroatoms. The molecular formula is C31H35F2N3O5. The van der Waals surface area contributed by atoms with Crippen molar-refractivity contribution in [3.63, 3.8) is 0 Å². The van der Waals surface area contributed by atoms with Crippen LogP contribution in [0.2, 0.25) is 0 Å². The first-order valence-corrected chi connectivity index (χ1v) is 13.7. The average molecular weight is 568 g/mol. The molecule has 1 amide bonds. The summed E-state index contributed by atoms with van der Waals surface area (Å²) in [6.45, 7) is 3.13. The predicted molar refractivity (Wildman–Crippen MR) is 151 cm³/mol. The molecule has 2 heterocycles. The lowest BCUT2D eigenvalue weighted by Crippen LogP contribution is -2.26. The standard InChI is InChI=1S/C31H35F2N3O5/c1-35(2)9-11-40-24-12-22-16-36(17-25(22)26(15-24)34-23-8-10-39-19-23)31(38)29-27(37)13-21(30(32)33)14-28(29)41-18-20-6-4-3-5-7-20/h3-7,12-15,23,30,34,37H,8-11,16-19H2,1-2H3/t23-/m0/s1. The molecule has 0 aliphatic carbocycles. The Hall–Kier alpha value is -3.89. The number of anilines is 1. The average Bonchev–Trinajstić information content (AvgIpc) is 3.62. The van der Waals surface area contributed by atoms with Crippen molar-refractivity contribution in [3.8, 4) is 17.2 Å². The van der Waals surface area contributed by atoms with Crippen LogP contribution in [0, 0.1) is 0 Å². The predicted octanol–water partition coefficient (Wildman–Crippen LogP) is 5.21. The third-order valence-electron chi connectivity index (χ3n) is 7.22. The third-order valence-corrected chi connectivity index (χ3v) is 7.22. The molecule has 5 rings (SSSR count). The summed E-state index contributed by atoms with van der Waals surface area (Å²) >= 11 is 0. The van der Waals surface area contributed by atoms with Crippen LogP contribution in [-0.2, 0) is 24.4 Å². The molecule has 0 spiro atoms. The van der Waals surface area contributed by atoms with E-state index in [2.05, 4.69) is 5.32 Å². The zero-order valence-corrected chi connectivity index (χ0v) is 23.2. The Balaban J connectivity index is 1.42. The molecule has 3 aromatic carbocycles. The summed E-state index contributed by atoms with van der Waals surface area (Å²) < 4.78 is 44.6. The summed E-state index contributed by atoms with van der Waals surface area (Å²) in [5.41, 5.74) is 2.97. The Bertz CT molecular complexity index is 1360. The van der Waals surface area contributed by atoms with Crippen molar-refractivity contribution in [1.82, 2.24) is 9.80 Å². The molecule has 0 aromatic heterocycles. The van der Waals surface area contributed by atoms with Gasteiger partial charge < -0.3 is 34.4 Å². The molecule has 2 aliphatic heterocycles. The number of hydrogen-bond acceptors (Lipinski definition) is 7. The van der Waals surface area contributed by atoms with E-state index >= 15 is 0 Å². The summed E-state index contributed by atoms with van der Waals surface area (Å²) in [6, 6.07) is 15.3. The second kappa shape index (κ2) is 12.7. The van der Waals surface area contributed by atoms with Gasteiger partial charge in [0, 0.05) is 43.6 Å². The summed E-state index contributed by atoms with van der Waals surface area (Å²) in [5, 5.41) is 14.3. The number of phenolic OH excluding ortho intramolecular Hbond substituents is 1. The number of alkyl halides is 2. The number of fused-ring (bicyclic) bond motifs is 1. The van der Waals surface area contributed by atoms with Crippen molar-refractivity contribution in [2.75, 3.05) is 45.8 Å². The molecule has 41 heavy (non-hydrogen) atoms. The van der Waals surface area contributed by atoms with Gasteiger partial charge in [-0.25, -0.2) is 8.78 Å². The van der Waals surface area contributed by atoms with E-state index in [1.165, 1.54) is 0 Å². The minimum absolute atomic E-state index is 0.0542. The molecular weight excluding hydrogens is 532 g/mol. The number of likely N-dealkylation sites (N-methyl/N-ethyl adjacent to an activating group) is 1. The number of ether oxygens (including phenoxy) is 3. The van der Waals surface area contributed by atoms with Crippen LogP contribution >= 0.6 is 0 Å². The van der Waals surface area contributed by atoms with Crippen LogP contribution < -0.4 is 14.8 Å². The van der Waals surface area contributed by atoms with E-state index < -0.39 is 23.6 Å². The van der Waals surface area contributed by atoms with E-state index in [1.807, 2.05) is 61.5 Å². The van der Waals surface area contributed by atoms with Gasteiger partial charge in [0.05, 0.1) is 12.6 Å². The highest BCUT2D eigenvalue weighted by atomic mass is 19.3. The van der Waals surface area contributed by atoms with Crippen molar-refractivity contribution in [1.29, 1.82) is 0 Å². The molecule has 0 saturated carbocycles. The number of halogens is 2. The van der Waals surface area contributed by atoms with Crippen LogP contribution in [0.1, 0.15) is 45.5 Å². The summed E-state index contributed by atoms with van der Waals surface area (Å²) in [4.78, 5) is 17.5. The molecule has 1 saturated heterocycles. The molecule has 1 fully saturated rings. The van der Waals surface area contributed by atoms with Crippen molar-refractivity contribution < 1.29 is 32.9 Å². The number of amides is 1.